The molecule has 0 amide bonds. The second-order valence-corrected chi connectivity index (χ2v) is 7.15. The van der Waals surface area contributed by atoms with E-state index in [1.165, 1.54) is 44.2 Å². The molecule has 116 valence electrons. The lowest BCUT2D eigenvalue weighted by atomic mass is 9.89. The Morgan fingerprint density at radius 2 is 2.10 bits per heavy atom. The highest BCUT2D eigenvalue weighted by Crippen LogP contribution is 2.43. The maximum Gasteiger partial charge on any atom is 0.133 e. The van der Waals surface area contributed by atoms with E-state index in [-0.39, 0.29) is 0 Å². The van der Waals surface area contributed by atoms with Crippen molar-refractivity contribution in [3.8, 4) is 5.75 Å². The summed E-state index contributed by atoms with van der Waals surface area (Å²) in [6.45, 7) is 1.99. The molecule has 1 aliphatic carbocycles. The normalized spacial score (nSPS) is 27.4. The molecule has 0 aromatic heterocycles. The van der Waals surface area contributed by atoms with Gasteiger partial charge in [0.15, 0.2) is 0 Å². The van der Waals surface area contributed by atoms with Crippen molar-refractivity contribution in [3.63, 3.8) is 0 Å². The summed E-state index contributed by atoms with van der Waals surface area (Å²) >= 11 is 3.63. The zero-order chi connectivity index (χ0) is 14.8. The van der Waals surface area contributed by atoms with Crippen molar-refractivity contribution in [1.82, 2.24) is 4.90 Å². The van der Waals surface area contributed by atoms with Gasteiger partial charge in [-0.1, -0.05) is 12.5 Å². The molecule has 2 fully saturated rings. The van der Waals surface area contributed by atoms with E-state index >= 15 is 0 Å². The fraction of sp³-hybridized carbons (Fsp3) is 0.647. The summed E-state index contributed by atoms with van der Waals surface area (Å²) in [5.74, 6) is 1.46. The first-order valence-corrected chi connectivity index (χ1v) is 8.83. The minimum atomic E-state index is 0.465. The van der Waals surface area contributed by atoms with Crippen LogP contribution in [0.3, 0.4) is 0 Å². The number of hydrogen-bond donors (Lipinski definition) is 1. The van der Waals surface area contributed by atoms with Crippen molar-refractivity contribution < 1.29 is 4.74 Å². The summed E-state index contributed by atoms with van der Waals surface area (Å²) in [7, 11) is 1.71. The lowest BCUT2D eigenvalue weighted by molar-refractivity contribution is 0.149. The Kier molecular flexibility index (Phi) is 4.87. The SMILES string of the molecule is COc1ccc(C2C(CN)CCCCN2C2CC2)cc1Br. The number of hydrogen-bond acceptors (Lipinski definition) is 3. The smallest absolute Gasteiger partial charge is 0.133 e. The van der Waals surface area contributed by atoms with E-state index in [2.05, 4.69) is 39.0 Å². The molecule has 0 bridgehead atoms. The predicted molar refractivity (Wildman–Crippen MR) is 89.6 cm³/mol. The molecular formula is C17H25BrN2O. The first kappa shape index (κ1) is 15.3. The van der Waals surface area contributed by atoms with Crippen LogP contribution in [-0.2, 0) is 0 Å². The molecule has 0 radical (unpaired) electrons. The molecule has 2 aliphatic rings. The van der Waals surface area contributed by atoms with E-state index in [1.807, 2.05) is 0 Å². The number of nitrogens with two attached hydrogens (primary N) is 1. The second kappa shape index (κ2) is 6.67. The van der Waals surface area contributed by atoms with Crippen molar-refractivity contribution in [1.29, 1.82) is 0 Å². The maximum atomic E-state index is 6.11. The third-order valence-corrected chi connectivity index (χ3v) is 5.50. The Morgan fingerprint density at radius 3 is 2.71 bits per heavy atom. The minimum Gasteiger partial charge on any atom is -0.496 e. The highest BCUT2D eigenvalue weighted by Gasteiger charge is 2.38. The predicted octanol–water partition coefficient (Wildman–Crippen LogP) is 3.72. The Bertz CT molecular complexity index is 490. The van der Waals surface area contributed by atoms with Gasteiger partial charge in [-0.05, 0) is 78.3 Å². The van der Waals surface area contributed by atoms with Crippen LogP contribution in [-0.4, -0.2) is 31.1 Å². The summed E-state index contributed by atoms with van der Waals surface area (Å²) in [4.78, 5) is 2.72. The van der Waals surface area contributed by atoms with Gasteiger partial charge in [0.2, 0.25) is 0 Å². The molecule has 1 aliphatic heterocycles. The maximum absolute atomic E-state index is 6.11. The van der Waals surface area contributed by atoms with Crippen LogP contribution in [0, 0.1) is 5.92 Å². The third kappa shape index (κ3) is 3.27. The molecule has 2 atom stereocenters. The standard InChI is InChI=1S/C17H25BrN2O/c1-21-16-8-5-12(10-15(16)18)17-13(11-19)4-2-3-9-20(17)14-6-7-14/h5,8,10,13-14,17H,2-4,6-7,9,11,19H2,1H3. The van der Waals surface area contributed by atoms with Crippen molar-refractivity contribution >= 4 is 15.9 Å². The van der Waals surface area contributed by atoms with Crippen molar-refractivity contribution in [2.75, 3.05) is 20.2 Å². The van der Waals surface area contributed by atoms with E-state index in [9.17, 15) is 0 Å². The van der Waals surface area contributed by atoms with Gasteiger partial charge in [0.05, 0.1) is 11.6 Å². The Hall–Kier alpha value is -0.580. The number of ether oxygens (including phenoxy) is 1. The van der Waals surface area contributed by atoms with Crippen molar-refractivity contribution in [2.24, 2.45) is 11.7 Å². The van der Waals surface area contributed by atoms with Gasteiger partial charge in [-0.2, -0.15) is 0 Å². The van der Waals surface area contributed by atoms with Gasteiger partial charge < -0.3 is 10.5 Å². The number of methoxy groups -OCH3 is 1. The molecular weight excluding hydrogens is 328 g/mol. The largest absolute Gasteiger partial charge is 0.496 e. The summed E-state index contributed by atoms with van der Waals surface area (Å²) in [5, 5.41) is 0. The average molecular weight is 353 g/mol. The number of nitrogens with zero attached hydrogens (tertiary/aromatic N) is 1. The van der Waals surface area contributed by atoms with Crippen LogP contribution in [0.4, 0.5) is 0 Å². The zero-order valence-electron chi connectivity index (χ0n) is 12.7. The Labute approximate surface area is 136 Å². The molecule has 3 nitrogen and oxygen atoms in total. The highest BCUT2D eigenvalue weighted by atomic mass is 79.9. The van der Waals surface area contributed by atoms with E-state index < -0.39 is 0 Å². The first-order valence-electron chi connectivity index (χ1n) is 8.04. The second-order valence-electron chi connectivity index (χ2n) is 6.30. The molecule has 1 saturated heterocycles. The average Bonchev–Trinajstić information content (AvgIpc) is 3.32. The fourth-order valence-electron chi connectivity index (χ4n) is 3.66. The van der Waals surface area contributed by atoms with Gasteiger partial charge in [-0.25, -0.2) is 0 Å². The van der Waals surface area contributed by atoms with Gasteiger partial charge in [0.1, 0.15) is 5.75 Å². The molecule has 1 aromatic rings. The van der Waals surface area contributed by atoms with Crippen LogP contribution >= 0.6 is 15.9 Å². The van der Waals surface area contributed by atoms with Crippen LogP contribution < -0.4 is 10.5 Å². The summed E-state index contributed by atoms with van der Waals surface area (Å²) < 4.78 is 6.41. The van der Waals surface area contributed by atoms with E-state index in [0.717, 1.165) is 22.8 Å². The molecule has 1 heterocycles. The van der Waals surface area contributed by atoms with Gasteiger partial charge >= 0.3 is 0 Å². The molecule has 2 unspecified atom stereocenters. The summed E-state index contributed by atoms with van der Waals surface area (Å²) in [6, 6.07) is 7.77. The van der Waals surface area contributed by atoms with Crippen LogP contribution in [0.2, 0.25) is 0 Å². The molecule has 2 N–H and O–H groups in total. The number of rotatable bonds is 4. The van der Waals surface area contributed by atoms with Gasteiger partial charge in [0.25, 0.3) is 0 Å². The van der Waals surface area contributed by atoms with E-state index in [0.29, 0.717) is 12.0 Å². The van der Waals surface area contributed by atoms with Gasteiger partial charge in [0, 0.05) is 12.1 Å². The van der Waals surface area contributed by atoms with Crippen LogP contribution in [0.1, 0.15) is 43.7 Å². The van der Waals surface area contributed by atoms with E-state index in [1.54, 1.807) is 7.11 Å². The summed E-state index contributed by atoms with van der Waals surface area (Å²) in [5.41, 5.74) is 7.50. The van der Waals surface area contributed by atoms with E-state index in [4.69, 9.17) is 10.5 Å². The van der Waals surface area contributed by atoms with Gasteiger partial charge in [-0.15, -0.1) is 0 Å². The van der Waals surface area contributed by atoms with Crippen LogP contribution in [0.5, 0.6) is 5.75 Å². The molecule has 0 spiro atoms. The highest BCUT2D eigenvalue weighted by molar-refractivity contribution is 9.10. The monoisotopic (exact) mass is 352 g/mol. The Balaban J connectivity index is 1.94. The third-order valence-electron chi connectivity index (χ3n) is 4.88. The molecule has 4 heteroatoms. The molecule has 21 heavy (non-hydrogen) atoms. The first-order chi connectivity index (χ1) is 10.2. The number of halogens is 1. The topological polar surface area (TPSA) is 38.5 Å². The summed E-state index contributed by atoms with van der Waals surface area (Å²) in [6.07, 6.45) is 6.56. The zero-order valence-corrected chi connectivity index (χ0v) is 14.3. The van der Waals surface area contributed by atoms with Crippen LogP contribution in [0.15, 0.2) is 22.7 Å². The molecule has 1 aromatic carbocycles. The number of benzene rings is 1. The van der Waals surface area contributed by atoms with Crippen LogP contribution in [0.25, 0.3) is 0 Å². The minimum absolute atomic E-state index is 0.465. The lowest BCUT2D eigenvalue weighted by Crippen LogP contribution is -2.37. The van der Waals surface area contributed by atoms with Crippen molar-refractivity contribution in [2.45, 2.75) is 44.2 Å². The van der Waals surface area contributed by atoms with Gasteiger partial charge in [-0.3, -0.25) is 4.90 Å². The molecule has 1 saturated carbocycles. The molecule has 3 rings (SSSR count). The number of likely N-dealkylation sites (tertiary alicyclic amines) is 1. The lowest BCUT2D eigenvalue weighted by Gasteiger charge is -2.35. The Morgan fingerprint density at radius 1 is 1.29 bits per heavy atom. The van der Waals surface area contributed by atoms with Crippen molar-refractivity contribution in [3.05, 3.63) is 28.2 Å². The fourth-order valence-corrected chi connectivity index (χ4v) is 4.22. The quantitative estimate of drug-likeness (QED) is 0.897.